The smallest absolute Gasteiger partial charge is 0.263 e. The predicted octanol–water partition coefficient (Wildman–Crippen LogP) is 2.96. The number of hydrogen-bond acceptors (Lipinski definition) is 7. The zero-order chi connectivity index (χ0) is 19.4. The molecular weight excluding hydrogens is 368 g/mol. The van der Waals surface area contributed by atoms with Gasteiger partial charge in [0.2, 0.25) is 0 Å². The topological polar surface area (TPSA) is 125 Å². The van der Waals surface area contributed by atoms with Crippen LogP contribution in [0, 0.1) is 18.3 Å². The van der Waals surface area contributed by atoms with E-state index in [0.29, 0.717) is 5.69 Å². The number of nitriles is 1. The van der Waals surface area contributed by atoms with E-state index in [1.807, 2.05) is 6.07 Å². The van der Waals surface area contributed by atoms with Gasteiger partial charge in [-0.25, -0.2) is 8.42 Å². The molecule has 0 bridgehead atoms. The third kappa shape index (κ3) is 4.31. The molecule has 0 unspecified atom stereocenters. The SMILES string of the molecule is Cc1ccc(S(=O)(=O)Nc2ccc(Oc3cncc(O)c3)c(C#N)c2)cn1. The van der Waals surface area contributed by atoms with E-state index < -0.39 is 10.0 Å². The molecule has 0 saturated carbocycles. The maximum atomic E-state index is 12.4. The van der Waals surface area contributed by atoms with Crippen LogP contribution in [-0.4, -0.2) is 23.5 Å². The number of sulfonamides is 1. The predicted molar refractivity (Wildman–Crippen MR) is 96.9 cm³/mol. The number of rotatable bonds is 5. The van der Waals surface area contributed by atoms with E-state index in [0.717, 1.165) is 0 Å². The minimum Gasteiger partial charge on any atom is -0.506 e. The normalized spacial score (nSPS) is 10.8. The van der Waals surface area contributed by atoms with Crippen LogP contribution < -0.4 is 9.46 Å². The van der Waals surface area contributed by atoms with Gasteiger partial charge in [-0.1, -0.05) is 0 Å². The second kappa shape index (κ2) is 7.31. The van der Waals surface area contributed by atoms with Gasteiger partial charge in [0, 0.05) is 18.0 Å². The second-order valence-electron chi connectivity index (χ2n) is 5.54. The van der Waals surface area contributed by atoms with Crippen molar-refractivity contribution in [3.8, 4) is 23.3 Å². The number of aromatic nitrogens is 2. The quantitative estimate of drug-likeness (QED) is 0.695. The number of pyridine rings is 2. The molecule has 0 aliphatic carbocycles. The lowest BCUT2D eigenvalue weighted by atomic mass is 10.2. The van der Waals surface area contributed by atoms with Crippen molar-refractivity contribution < 1.29 is 18.3 Å². The van der Waals surface area contributed by atoms with Crippen LogP contribution >= 0.6 is 0 Å². The Morgan fingerprint density at radius 3 is 2.63 bits per heavy atom. The monoisotopic (exact) mass is 382 g/mol. The molecule has 8 nitrogen and oxygen atoms in total. The molecule has 0 spiro atoms. The molecule has 2 aromatic heterocycles. The first-order valence-corrected chi connectivity index (χ1v) is 9.17. The van der Waals surface area contributed by atoms with Crippen molar-refractivity contribution in [2.24, 2.45) is 0 Å². The van der Waals surface area contributed by atoms with Crippen LogP contribution in [0.25, 0.3) is 0 Å². The lowest BCUT2D eigenvalue weighted by Gasteiger charge is -2.11. The summed E-state index contributed by atoms with van der Waals surface area (Å²) in [6.07, 6.45) is 3.88. The number of benzene rings is 1. The Kier molecular flexibility index (Phi) is 4.92. The minimum atomic E-state index is -3.84. The van der Waals surface area contributed by atoms with E-state index in [1.165, 1.54) is 48.9 Å². The van der Waals surface area contributed by atoms with Crippen molar-refractivity contribution in [3.63, 3.8) is 0 Å². The van der Waals surface area contributed by atoms with Crippen LogP contribution in [0.2, 0.25) is 0 Å². The standard InChI is InChI=1S/C18H14N4O4S/c1-12-2-4-17(11-21-12)27(24,25)22-14-3-5-18(13(6-14)8-19)26-16-7-15(23)9-20-10-16/h2-7,9-11,22-23H,1H3. The third-order valence-electron chi connectivity index (χ3n) is 3.47. The number of hydrogen-bond donors (Lipinski definition) is 2. The minimum absolute atomic E-state index is 0.0118. The number of aromatic hydroxyl groups is 1. The molecule has 0 radical (unpaired) electrons. The fourth-order valence-corrected chi connectivity index (χ4v) is 3.18. The van der Waals surface area contributed by atoms with Gasteiger partial charge in [-0.2, -0.15) is 5.26 Å². The Bertz CT molecular complexity index is 1120. The summed E-state index contributed by atoms with van der Waals surface area (Å²) in [6.45, 7) is 1.75. The summed E-state index contributed by atoms with van der Waals surface area (Å²) in [5.74, 6) is 0.359. The molecule has 2 N–H and O–H groups in total. The van der Waals surface area contributed by atoms with E-state index >= 15 is 0 Å². The molecule has 0 aliphatic rings. The fourth-order valence-electron chi connectivity index (χ4n) is 2.19. The van der Waals surface area contributed by atoms with Gasteiger partial charge in [0.15, 0.2) is 0 Å². The number of ether oxygens (including phenoxy) is 1. The first-order valence-electron chi connectivity index (χ1n) is 7.69. The highest BCUT2D eigenvalue weighted by Crippen LogP contribution is 2.29. The Morgan fingerprint density at radius 1 is 1.15 bits per heavy atom. The molecule has 9 heteroatoms. The Hall–Kier alpha value is -3.64. The van der Waals surface area contributed by atoms with Crippen LogP contribution in [-0.2, 0) is 10.0 Å². The molecule has 0 aliphatic heterocycles. The maximum Gasteiger partial charge on any atom is 0.263 e. The van der Waals surface area contributed by atoms with E-state index in [-0.39, 0.29) is 33.4 Å². The summed E-state index contributed by atoms with van der Waals surface area (Å²) in [6, 6.07) is 10.6. The maximum absolute atomic E-state index is 12.4. The van der Waals surface area contributed by atoms with Crippen LogP contribution in [0.1, 0.15) is 11.3 Å². The van der Waals surface area contributed by atoms with E-state index in [2.05, 4.69) is 14.7 Å². The van der Waals surface area contributed by atoms with Gasteiger partial charge in [-0.15, -0.1) is 0 Å². The molecule has 0 fully saturated rings. The number of nitrogens with one attached hydrogen (secondary N) is 1. The molecule has 3 rings (SSSR count). The van der Waals surface area contributed by atoms with Crippen molar-refractivity contribution in [2.45, 2.75) is 11.8 Å². The molecular formula is C18H14N4O4S. The Labute approximate surface area is 155 Å². The van der Waals surface area contributed by atoms with Crippen LogP contribution in [0.5, 0.6) is 17.2 Å². The summed E-state index contributed by atoms with van der Waals surface area (Å²) in [7, 11) is -3.84. The van der Waals surface area contributed by atoms with E-state index in [1.54, 1.807) is 13.0 Å². The Morgan fingerprint density at radius 2 is 1.96 bits per heavy atom. The Balaban J connectivity index is 1.86. The van der Waals surface area contributed by atoms with Gasteiger partial charge in [0.25, 0.3) is 10.0 Å². The van der Waals surface area contributed by atoms with Crippen molar-refractivity contribution in [1.82, 2.24) is 9.97 Å². The van der Waals surface area contributed by atoms with Crippen LogP contribution in [0.3, 0.4) is 0 Å². The van der Waals surface area contributed by atoms with Crippen LogP contribution in [0.15, 0.2) is 59.9 Å². The molecule has 3 aromatic rings. The summed E-state index contributed by atoms with van der Waals surface area (Å²) < 4.78 is 32.8. The number of nitrogens with zero attached hydrogens (tertiary/aromatic N) is 3. The molecule has 136 valence electrons. The molecule has 27 heavy (non-hydrogen) atoms. The third-order valence-corrected chi connectivity index (χ3v) is 4.84. The zero-order valence-corrected chi connectivity index (χ0v) is 14.9. The lowest BCUT2D eigenvalue weighted by molar-refractivity contribution is 0.450. The van der Waals surface area contributed by atoms with Gasteiger partial charge in [-0.3, -0.25) is 14.7 Å². The molecule has 0 atom stereocenters. The van der Waals surface area contributed by atoms with E-state index in [4.69, 9.17) is 4.74 Å². The number of anilines is 1. The molecule has 0 amide bonds. The number of aryl methyl sites for hydroxylation is 1. The highest BCUT2D eigenvalue weighted by Gasteiger charge is 2.16. The largest absolute Gasteiger partial charge is 0.506 e. The first-order chi connectivity index (χ1) is 12.9. The van der Waals surface area contributed by atoms with Gasteiger partial charge in [0.1, 0.15) is 28.2 Å². The van der Waals surface area contributed by atoms with Crippen LogP contribution in [0.4, 0.5) is 5.69 Å². The van der Waals surface area contributed by atoms with Crippen molar-refractivity contribution >= 4 is 15.7 Å². The molecule has 2 heterocycles. The summed E-state index contributed by atoms with van der Waals surface area (Å²) in [4.78, 5) is 7.77. The highest BCUT2D eigenvalue weighted by atomic mass is 32.2. The summed E-state index contributed by atoms with van der Waals surface area (Å²) in [5.41, 5.74) is 1.01. The van der Waals surface area contributed by atoms with Crippen molar-refractivity contribution in [3.05, 3.63) is 66.2 Å². The lowest BCUT2D eigenvalue weighted by Crippen LogP contribution is -2.13. The highest BCUT2D eigenvalue weighted by molar-refractivity contribution is 7.92. The van der Waals surface area contributed by atoms with Gasteiger partial charge in [0.05, 0.1) is 23.6 Å². The summed E-state index contributed by atoms with van der Waals surface area (Å²) in [5, 5.41) is 18.8. The van der Waals surface area contributed by atoms with E-state index in [9.17, 15) is 18.8 Å². The van der Waals surface area contributed by atoms with Gasteiger partial charge < -0.3 is 9.84 Å². The molecule has 1 aromatic carbocycles. The van der Waals surface area contributed by atoms with Crippen molar-refractivity contribution in [2.75, 3.05) is 4.72 Å². The second-order valence-corrected chi connectivity index (χ2v) is 7.23. The average molecular weight is 382 g/mol. The van der Waals surface area contributed by atoms with Gasteiger partial charge >= 0.3 is 0 Å². The fraction of sp³-hybridized carbons (Fsp3) is 0.0556. The summed E-state index contributed by atoms with van der Waals surface area (Å²) >= 11 is 0. The average Bonchev–Trinajstić information content (AvgIpc) is 2.63. The molecule has 0 saturated heterocycles. The zero-order valence-electron chi connectivity index (χ0n) is 14.1. The van der Waals surface area contributed by atoms with Crippen molar-refractivity contribution in [1.29, 1.82) is 5.26 Å². The van der Waals surface area contributed by atoms with Gasteiger partial charge in [-0.05, 0) is 37.3 Å². The first kappa shape index (κ1) is 18.2.